The van der Waals surface area contributed by atoms with E-state index in [9.17, 15) is 19.7 Å². The molecule has 2 aliphatic rings. The first-order chi connectivity index (χ1) is 13.4. The molecule has 9 nitrogen and oxygen atoms in total. The number of hydrogen-bond acceptors (Lipinski definition) is 8. The Morgan fingerprint density at radius 3 is 2.75 bits per heavy atom. The molecular weight excluding hydrogens is 386 g/mol. The number of amides is 1. The van der Waals surface area contributed by atoms with Gasteiger partial charge in [-0.3, -0.25) is 19.8 Å². The average Bonchev–Trinajstić information content (AvgIpc) is 2.94. The van der Waals surface area contributed by atoms with Crippen LogP contribution in [0, 0.1) is 10.1 Å². The predicted octanol–water partition coefficient (Wildman–Crippen LogP) is 2.43. The minimum atomic E-state index is -0.978. The highest BCUT2D eigenvalue weighted by Gasteiger charge is 2.48. The maximum absolute atomic E-state index is 12.8. The minimum absolute atomic E-state index is 0.0192. The molecule has 0 radical (unpaired) electrons. The van der Waals surface area contributed by atoms with Crippen LogP contribution in [-0.2, 0) is 19.1 Å². The van der Waals surface area contributed by atoms with Crippen molar-refractivity contribution in [3.63, 3.8) is 0 Å². The maximum Gasteiger partial charge on any atom is 0.338 e. The average molecular weight is 405 g/mol. The van der Waals surface area contributed by atoms with Crippen LogP contribution in [0.5, 0.6) is 0 Å². The van der Waals surface area contributed by atoms with Crippen LogP contribution < -0.4 is 0 Å². The Morgan fingerprint density at radius 2 is 2.07 bits per heavy atom. The molecule has 2 heterocycles. The van der Waals surface area contributed by atoms with E-state index >= 15 is 0 Å². The van der Waals surface area contributed by atoms with E-state index < -0.39 is 22.2 Å². The number of esters is 1. The second-order valence-electron chi connectivity index (χ2n) is 6.21. The number of nitro benzene ring substituents is 1. The number of aliphatic imine (C=N–C) groups is 1. The normalized spacial score (nSPS) is 21.5. The number of carbonyl (C=O) groups excluding carboxylic acids is 2. The summed E-state index contributed by atoms with van der Waals surface area (Å²) in [6.07, 6.45) is 0. The van der Waals surface area contributed by atoms with E-state index in [1.807, 2.05) is 0 Å². The van der Waals surface area contributed by atoms with Gasteiger partial charge in [0.2, 0.25) is 5.91 Å². The molecule has 0 aromatic heterocycles. The number of benzene rings is 1. The molecule has 1 saturated heterocycles. The largest absolute Gasteiger partial charge is 0.460 e. The number of amidine groups is 1. The van der Waals surface area contributed by atoms with Gasteiger partial charge in [0.05, 0.1) is 33.6 Å². The number of para-hydroxylation sites is 1. The maximum atomic E-state index is 12.8. The number of ether oxygens (including phenoxy) is 2. The van der Waals surface area contributed by atoms with Crippen LogP contribution >= 0.6 is 11.8 Å². The lowest BCUT2D eigenvalue weighted by molar-refractivity contribution is -0.385. The lowest BCUT2D eigenvalue weighted by atomic mass is 9.93. The predicted molar refractivity (Wildman–Crippen MR) is 103 cm³/mol. The van der Waals surface area contributed by atoms with Crippen LogP contribution in [0.2, 0.25) is 0 Å². The van der Waals surface area contributed by atoms with E-state index in [1.165, 1.54) is 35.9 Å². The summed E-state index contributed by atoms with van der Waals surface area (Å²) >= 11 is 1.26. The molecule has 10 heteroatoms. The first kappa shape index (κ1) is 20.0. The Balaban J connectivity index is 2.13. The van der Waals surface area contributed by atoms with E-state index in [-0.39, 0.29) is 35.9 Å². The van der Waals surface area contributed by atoms with Gasteiger partial charge in [-0.05, 0) is 19.9 Å². The minimum Gasteiger partial charge on any atom is -0.460 e. The van der Waals surface area contributed by atoms with Gasteiger partial charge in [-0.15, -0.1) is 0 Å². The SMILES string of the molecule is COCCOC(=O)C1=C(C)N=C2SC(C)C(=O)N2C1c1ccccc1[N+](=O)[O-]. The van der Waals surface area contributed by atoms with Crippen LogP contribution in [0.1, 0.15) is 25.5 Å². The Bertz CT molecular complexity index is 897. The van der Waals surface area contributed by atoms with Gasteiger partial charge in [0.25, 0.3) is 5.69 Å². The summed E-state index contributed by atoms with van der Waals surface area (Å²) < 4.78 is 10.1. The molecule has 0 N–H and O–H groups in total. The van der Waals surface area contributed by atoms with E-state index in [0.29, 0.717) is 10.9 Å². The summed E-state index contributed by atoms with van der Waals surface area (Å²) in [5.41, 5.74) is 0.533. The van der Waals surface area contributed by atoms with E-state index in [2.05, 4.69) is 4.99 Å². The molecule has 3 rings (SSSR count). The number of allylic oxidation sites excluding steroid dienone is 1. The van der Waals surface area contributed by atoms with Crippen molar-refractivity contribution >= 4 is 34.5 Å². The fraction of sp³-hybridized carbons (Fsp3) is 0.389. The molecule has 28 heavy (non-hydrogen) atoms. The van der Waals surface area contributed by atoms with Crippen molar-refractivity contribution in [2.75, 3.05) is 20.3 Å². The molecule has 2 atom stereocenters. The van der Waals surface area contributed by atoms with E-state index in [0.717, 1.165) is 0 Å². The van der Waals surface area contributed by atoms with Gasteiger partial charge in [-0.2, -0.15) is 0 Å². The molecular formula is C18H19N3O6S. The number of thioether (sulfide) groups is 1. The number of rotatable bonds is 6. The fourth-order valence-corrected chi connectivity index (χ4v) is 4.17. The van der Waals surface area contributed by atoms with Gasteiger partial charge in [-0.25, -0.2) is 9.79 Å². The van der Waals surface area contributed by atoms with Crippen LogP contribution in [-0.4, -0.2) is 52.4 Å². The second-order valence-corrected chi connectivity index (χ2v) is 7.52. The third-order valence-electron chi connectivity index (χ3n) is 4.43. The molecule has 1 aromatic rings. The van der Waals surface area contributed by atoms with Crippen molar-refractivity contribution in [2.24, 2.45) is 4.99 Å². The van der Waals surface area contributed by atoms with E-state index in [1.54, 1.807) is 26.0 Å². The van der Waals surface area contributed by atoms with E-state index in [4.69, 9.17) is 9.47 Å². The van der Waals surface area contributed by atoms with Crippen molar-refractivity contribution in [2.45, 2.75) is 25.1 Å². The summed E-state index contributed by atoms with van der Waals surface area (Å²) in [5, 5.41) is 11.6. The van der Waals surface area contributed by atoms with Crippen LogP contribution in [0.25, 0.3) is 0 Å². The van der Waals surface area contributed by atoms with Crippen LogP contribution in [0.3, 0.4) is 0 Å². The molecule has 148 valence electrons. The Hall–Kier alpha value is -2.72. The summed E-state index contributed by atoms with van der Waals surface area (Å²) in [6, 6.07) is 5.09. The fourth-order valence-electron chi connectivity index (χ4n) is 3.14. The topological polar surface area (TPSA) is 111 Å². The molecule has 1 aromatic carbocycles. The van der Waals surface area contributed by atoms with Crippen molar-refractivity contribution in [3.8, 4) is 0 Å². The van der Waals surface area contributed by atoms with Gasteiger partial charge in [0.15, 0.2) is 5.17 Å². The highest BCUT2D eigenvalue weighted by atomic mass is 32.2. The third-order valence-corrected chi connectivity index (χ3v) is 5.48. The number of methoxy groups -OCH3 is 1. The zero-order chi connectivity index (χ0) is 20.4. The first-order valence-corrected chi connectivity index (χ1v) is 9.43. The Morgan fingerprint density at radius 1 is 1.36 bits per heavy atom. The summed E-state index contributed by atoms with van der Waals surface area (Å²) in [4.78, 5) is 42.4. The quantitative estimate of drug-likeness (QED) is 0.309. The van der Waals surface area contributed by atoms with Crippen molar-refractivity contribution in [3.05, 3.63) is 51.2 Å². The number of fused-ring (bicyclic) bond motifs is 1. The Labute approximate surface area is 165 Å². The lowest BCUT2D eigenvalue weighted by Gasteiger charge is -2.32. The molecule has 0 spiro atoms. The number of nitrogens with zero attached hydrogens (tertiary/aromatic N) is 3. The first-order valence-electron chi connectivity index (χ1n) is 8.55. The highest BCUT2D eigenvalue weighted by Crippen LogP contribution is 2.45. The smallest absolute Gasteiger partial charge is 0.338 e. The second kappa shape index (κ2) is 8.11. The Kier molecular flexibility index (Phi) is 5.80. The van der Waals surface area contributed by atoms with Crippen LogP contribution in [0.15, 0.2) is 40.5 Å². The van der Waals surface area contributed by atoms with Gasteiger partial charge < -0.3 is 9.47 Å². The molecule has 1 amide bonds. The van der Waals surface area contributed by atoms with Crippen molar-refractivity contribution < 1.29 is 24.0 Å². The van der Waals surface area contributed by atoms with Gasteiger partial charge in [-0.1, -0.05) is 23.9 Å². The molecule has 0 aliphatic carbocycles. The van der Waals surface area contributed by atoms with Gasteiger partial charge in [0, 0.05) is 13.2 Å². The van der Waals surface area contributed by atoms with Gasteiger partial charge in [0.1, 0.15) is 12.6 Å². The monoisotopic (exact) mass is 405 g/mol. The summed E-state index contributed by atoms with van der Waals surface area (Å²) in [5.74, 6) is -0.945. The van der Waals surface area contributed by atoms with Gasteiger partial charge >= 0.3 is 5.97 Å². The third kappa shape index (κ3) is 3.52. The summed E-state index contributed by atoms with van der Waals surface area (Å²) in [6.45, 7) is 3.59. The zero-order valence-corrected chi connectivity index (χ0v) is 16.4. The zero-order valence-electron chi connectivity index (χ0n) is 15.6. The van der Waals surface area contributed by atoms with Crippen LogP contribution in [0.4, 0.5) is 5.69 Å². The van der Waals surface area contributed by atoms with Crippen molar-refractivity contribution in [1.29, 1.82) is 0 Å². The standard InChI is InChI=1S/C18H19N3O6S/c1-10-14(17(23)27-9-8-26-3)15(12-6-4-5-7-13(12)21(24)25)20-16(22)11(2)28-18(20)19-10/h4-7,11,15H,8-9H2,1-3H3. The highest BCUT2D eigenvalue weighted by molar-refractivity contribution is 8.15. The molecule has 1 fully saturated rings. The summed E-state index contributed by atoms with van der Waals surface area (Å²) in [7, 11) is 1.48. The molecule has 0 saturated carbocycles. The number of hydrogen-bond donors (Lipinski definition) is 0. The number of carbonyl (C=O) groups is 2. The lowest BCUT2D eigenvalue weighted by Crippen LogP contribution is -2.40. The number of nitro groups is 1. The molecule has 2 unspecified atom stereocenters. The molecule has 2 aliphatic heterocycles. The molecule has 0 bridgehead atoms. The van der Waals surface area contributed by atoms with Crippen molar-refractivity contribution in [1.82, 2.24) is 4.90 Å².